The van der Waals surface area contributed by atoms with Crippen LogP contribution in [0.2, 0.25) is 0 Å². The van der Waals surface area contributed by atoms with Crippen molar-refractivity contribution in [3.63, 3.8) is 0 Å². The number of anilines is 3. The number of rotatable bonds is 3. The Labute approximate surface area is 301 Å². The smallest absolute Gasteiger partial charge is 0.135 e. The monoisotopic (exact) mass is 669 g/mol. The Bertz CT molecular complexity index is 2360. The van der Waals surface area contributed by atoms with Gasteiger partial charge in [-0.05, 0) is 133 Å². The summed E-state index contributed by atoms with van der Waals surface area (Å²) >= 11 is 0. The van der Waals surface area contributed by atoms with Gasteiger partial charge in [-0.15, -0.1) is 0 Å². The third-order valence-electron chi connectivity index (χ3n) is 14.3. The Morgan fingerprint density at radius 1 is 0.549 bits per heavy atom. The minimum absolute atomic E-state index is 0.0280. The van der Waals surface area contributed by atoms with Gasteiger partial charge in [0.25, 0.3) is 0 Å². The Morgan fingerprint density at radius 2 is 1.20 bits per heavy atom. The second-order valence-corrected chi connectivity index (χ2v) is 18.0. The van der Waals surface area contributed by atoms with Crippen LogP contribution in [0.4, 0.5) is 17.1 Å². The molecular formula is C48H47NO2. The predicted octanol–water partition coefficient (Wildman–Crippen LogP) is 13.3. The van der Waals surface area contributed by atoms with Gasteiger partial charge in [-0.25, -0.2) is 0 Å². The quantitative estimate of drug-likeness (QED) is 0.188. The standard InChI is InChI=1S/C48H47NO2/c1-46(2)20-21-47(3,4)45-39(46)12-9-13-40(45)49(33-17-19-42-36(27-33)35-10-5-7-14-41(35)50-42)34-16-18-38-44(28-34)51-43-15-8-6-11-37(43)48(38)31-23-29-22-30(25-31)26-32(48)24-29/h5-19,27-32H,20-26H2,1-4H3. The molecule has 0 atom stereocenters. The maximum absolute atomic E-state index is 7.03. The van der Waals surface area contributed by atoms with Crippen molar-refractivity contribution < 1.29 is 9.15 Å². The van der Waals surface area contributed by atoms with Crippen LogP contribution < -0.4 is 9.64 Å². The van der Waals surface area contributed by atoms with Crippen molar-refractivity contribution in [1.82, 2.24) is 0 Å². The summed E-state index contributed by atoms with van der Waals surface area (Å²) < 4.78 is 13.4. The molecule has 51 heavy (non-hydrogen) atoms. The molecule has 0 radical (unpaired) electrons. The van der Waals surface area contributed by atoms with E-state index in [0.29, 0.717) is 11.8 Å². The molecule has 4 bridgehead atoms. The van der Waals surface area contributed by atoms with E-state index in [2.05, 4.69) is 136 Å². The van der Waals surface area contributed by atoms with E-state index in [-0.39, 0.29) is 16.2 Å². The second kappa shape index (κ2) is 10.3. The fourth-order valence-corrected chi connectivity index (χ4v) is 12.2. The number of furan rings is 1. The average Bonchev–Trinajstić information content (AvgIpc) is 3.50. The third-order valence-corrected chi connectivity index (χ3v) is 14.3. The van der Waals surface area contributed by atoms with Crippen molar-refractivity contribution in [2.24, 2.45) is 23.7 Å². The summed E-state index contributed by atoms with van der Waals surface area (Å²) in [7, 11) is 0. The zero-order chi connectivity index (χ0) is 34.3. The first-order chi connectivity index (χ1) is 24.7. The highest BCUT2D eigenvalue weighted by molar-refractivity contribution is 6.06. The summed E-state index contributed by atoms with van der Waals surface area (Å²) in [5.41, 5.74) is 11.3. The minimum Gasteiger partial charge on any atom is -0.457 e. The highest BCUT2D eigenvalue weighted by atomic mass is 16.5. The number of nitrogens with zero attached hydrogens (tertiary/aromatic N) is 1. The van der Waals surface area contributed by atoms with Gasteiger partial charge in [-0.1, -0.05) is 82.3 Å². The van der Waals surface area contributed by atoms with E-state index < -0.39 is 0 Å². The molecule has 2 heterocycles. The molecule has 1 spiro atoms. The molecule has 1 aliphatic heterocycles. The van der Waals surface area contributed by atoms with E-state index in [0.717, 1.165) is 63.1 Å². The second-order valence-electron chi connectivity index (χ2n) is 18.0. The van der Waals surface area contributed by atoms with Gasteiger partial charge >= 0.3 is 0 Å². The van der Waals surface area contributed by atoms with Crippen LogP contribution in [0.15, 0.2) is 108 Å². The van der Waals surface area contributed by atoms with E-state index in [1.807, 2.05) is 0 Å². The molecule has 0 amide bonds. The van der Waals surface area contributed by atoms with E-state index in [1.165, 1.54) is 66.5 Å². The summed E-state index contributed by atoms with van der Waals surface area (Å²) in [6.07, 6.45) is 9.21. The van der Waals surface area contributed by atoms with Crippen LogP contribution >= 0.6 is 0 Å². The first kappa shape index (κ1) is 30.2. The van der Waals surface area contributed by atoms with Gasteiger partial charge in [0.15, 0.2) is 0 Å². The summed E-state index contributed by atoms with van der Waals surface area (Å²) in [6.45, 7) is 9.73. The Hall–Kier alpha value is -4.50. The topological polar surface area (TPSA) is 25.6 Å². The predicted molar refractivity (Wildman–Crippen MR) is 208 cm³/mol. The number of hydrogen-bond acceptors (Lipinski definition) is 3. The van der Waals surface area contributed by atoms with Gasteiger partial charge in [-0.2, -0.15) is 0 Å². The molecule has 5 aliphatic carbocycles. The first-order valence-electron chi connectivity index (χ1n) is 19.5. The number of benzene rings is 5. The molecule has 6 aromatic rings. The van der Waals surface area contributed by atoms with Crippen LogP contribution in [0.3, 0.4) is 0 Å². The lowest BCUT2D eigenvalue weighted by atomic mass is 9.42. The van der Waals surface area contributed by atoms with Crippen molar-refractivity contribution in [1.29, 1.82) is 0 Å². The molecule has 3 nitrogen and oxygen atoms in total. The van der Waals surface area contributed by atoms with Crippen LogP contribution in [0.5, 0.6) is 11.5 Å². The number of fused-ring (bicyclic) bond motifs is 6. The van der Waals surface area contributed by atoms with Crippen molar-refractivity contribution in [2.75, 3.05) is 4.90 Å². The highest BCUT2D eigenvalue weighted by Gasteiger charge is 2.61. The zero-order valence-corrected chi connectivity index (χ0v) is 30.3. The molecule has 3 heteroatoms. The van der Waals surface area contributed by atoms with Crippen molar-refractivity contribution in [2.45, 2.75) is 88.9 Å². The molecular weight excluding hydrogens is 623 g/mol. The Morgan fingerprint density at radius 3 is 2.02 bits per heavy atom. The average molecular weight is 670 g/mol. The van der Waals surface area contributed by atoms with E-state index in [4.69, 9.17) is 9.15 Å². The van der Waals surface area contributed by atoms with Crippen molar-refractivity contribution in [3.05, 3.63) is 125 Å². The van der Waals surface area contributed by atoms with Gasteiger partial charge in [-0.3, -0.25) is 0 Å². The third kappa shape index (κ3) is 4.12. The summed E-state index contributed by atoms with van der Waals surface area (Å²) in [5, 5.41) is 2.30. The fourth-order valence-electron chi connectivity index (χ4n) is 12.2. The Kier molecular flexibility index (Phi) is 6.09. The summed E-state index contributed by atoms with van der Waals surface area (Å²) in [6, 6.07) is 38.5. The first-order valence-corrected chi connectivity index (χ1v) is 19.5. The van der Waals surface area contributed by atoms with Gasteiger partial charge in [0.05, 0.1) is 5.69 Å². The normalized spacial score (nSPS) is 27.6. The lowest BCUT2D eigenvalue weighted by Gasteiger charge is -2.63. The SMILES string of the molecule is CC1(C)CCC(C)(C)c2c(N(c3ccc4c(c3)Oc3ccccc3C43C4CC5CC(C4)CC3C5)c3ccc4oc5ccccc5c4c3)cccc21. The van der Waals surface area contributed by atoms with Gasteiger partial charge in [0, 0.05) is 44.8 Å². The highest BCUT2D eigenvalue weighted by Crippen LogP contribution is 2.69. The van der Waals surface area contributed by atoms with E-state index in [1.54, 1.807) is 0 Å². The maximum atomic E-state index is 7.03. The zero-order valence-electron chi connectivity index (χ0n) is 30.3. The van der Waals surface area contributed by atoms with Crippen LogP contribution in [0.25, 0.3) is 21.9 Å². The van der Waals surface area contributed by atoms with Gasteiger partial charge in [0.1, 0.15) is 22.7 Å². The summed E-state index contributed by atoms with van der Waals surface area (Å²) in [5.74, 6) is 5.27. The molecule has 0 saturated heterocycles. The van der Waals surface area contributed by atoms with E-state index in [9.17, 15) is 0 Å². The lowest BCUT2D eigenvalue weighted by Crippen LogP contribution is -2.56. The lowest BCUT2D eigenvalue weighted by molar-refractivity contribution is -0.0452. The molecule has 5 aromatic carbocycles. The maximum Gasteiger partial charge on any atom is 0.135 e. The molecule has 0 N–H and O–H groups in total. The van der Waals surface area contributed by atoms with Gasteiger partial charge in [0.2, 0.25) is 0 Å². The molecule has 0 unspecified atom stereocenters. The van der Waals surface area contributed by atoms with Crippen LogP contribution in [-0.2, 0) is 16.2 Å². The van der Waals surface area contributed by atoms with Gasteiger partial charge < -0.3 is 14.1 Å². The van der Waals surface area contributed by atoms with Crippen LogP contribution in [-0.4, -0.2) is 0 Å². The minimum atomic E-state index is 0.0280. The van der Waals surface area contributed by atoms with Crippen molar-refractivity contribution >= 4 is 39.0 Å². The number of para-hydroxylation sites is 2. The van der Waals surface area contributed by atoms with E-state index >= 15 is 0 Å². The fraction of sp³-hybridized carbons (Fsp3) is 0.375. The number of hydrogen-bond donors (Lipinski definition) is 0. The summed E-state index contributed by atoms with van der Waals surface area (Å²) in [4.78, 5) is 2.52. The molecule has 6 aliphatic rings. The molecule has 12 rings (SSSR count). The number of ether oxygens (including phenoxy) is 1. The van der Waals surface area contributed by atoms with Crippen LogP contribution in [0, 0.1) is 23.7 Å². The molecule has 4 saturated carbocycles. The van der Waals surface area contributed by atoms with Crippen molar-refractivity contribution in [3.8, 4) is 11.5 Å². The van der Waals surface area contributed by atoms with Crippen LogP contribution in [0.1, 0.15) is 94.9 Å². The largest absolute Gasteiger partial charge is 0.457 e. The Balaban J connectivity index is 1.15. The molecule has 4 fully saturated rings. The molecule has 1 aromatic heterocycles. The molecule has 256 valence electrons.